The van der Waals surface area contributed by atoms with Gasteiger partial charge in [-0.05, 0) is 36.4 Å². The lowest BCUT2D eigenvalue weighted by molar-refractivity contribution is 0.312. The van der Waals surface area contributed by atoms with Gasteiger partial charge in [-0.15, -0.1) is 0 Å². The van der Waals surface area contributed by atoms with Crippen molar-refractivity contribution >= 4 is 16.9 Å². The third kappa shape index (κ3) is 2.54. The minimum atomic E-state index is 0.0311. The van der Waals surface area contributed by atoms with Crippen molar-refractivity contribution < 1.29 is 0 Å². The second-order valence-electron chi connectivity index (χ2n) is 6.78. The molecule has 4 nitrogen and oxygen atoms in total. The summed E-state index contributed by atoms with van der Waals surface area (Å²) in [7, 11) is 0. The van der Waals surface area contributed by atoms with Crippen molar-refractivity contribution in [1.29, 1.82) is 0 Å². The molecule has 0 aliphatic carbocycles. The van der Waals surface area contributed by atoms with Crippen LogP contribution in [0.2, 0.25) is 0 Å². The Morgan fingerprint density at radius 2 is 1.85 bits per heavy atom. The Labute approximate surface area is 157 Å². The summed E-state index contributed by atoms with van der Waals surface area (Å²) >= 11 is 1.88. The molecule has 1 fully saturated rings. The summed E-state index contributed by atoms with van der Waals surface area (Å²) in [5, 5.41) is 1.72. The number of hydrogen-bond acceptors (Lipinski definition) is 4. The van der Waals surface area contributed by atoms with Gasteiger partial charge in [0.1, 0.15) is 6.04 Å². The number of fused-ring (bicyclic) bond motifs is 1. The first kappa shape index (κ1) is 15.7. The number of aromatic nitrogens is 2. The molecule has 3 atom stereocenters. The summed E-state index contributed by atoms with van der Waals surface area (Å²) in [6.45, 7) is 3.30. The van der Waals surface area contributed by atoms with Crippen LogP contribution < -0.4 is 0 Å². The van der Waals surface area contributed by atoms with Gasteiger partial charge in [-0.25, -0.2) is 0 Å². The number of nitrogens with zero attached hydrogens (tertiary/aromatic N) is 4. The van der Waals surface area contributed by atoms with E-state index in [1.165, 1.54) is 11.4 Å². The van der Waals surface area contributed by atoms with Crippen molar-refractivity contribution in [2.75, 3.05) is 6.54 Å². The molecule has 0 radical (unpaired) electrons. The predicted octanol–water partition coefficient (Wildman–Crippen LogP) is 4.46. The van der Waals surface area contributed by atoms with Gasteiger partial charge >= 0.3 is 0 Å². The number of pyridine rings is 1. The van der Waals surface area contributed by atoms with Gasteiger partial charge < -0.3 is 9.47 Å². The number of rotatable bonds is 3. The monoisotopic (exact) mass is 360 g/mol. The molecule has 0 amide bonds. The van der Waals surface area contributed by atoms with E-state index in [0.29, 0.717) is 5.25 Å². The molecule has 2 aliphatic rings. The van der Waals surface area contributed by atoms with Crippen LogP contribution in [-0.4, -0.2) is 31.4 Å². The van der Waals surface area contributed by atoms with Crippen LogP contribution in [0.4, 0.5) is 0 Å². The van der Waals surface area contributed by atoms with Gasteiger partial charge in [0.15, 0.2) is 5.17 Å². The molecule has 5 rings (SSSR count). The SMILES string of the molecule is C[C@@H]1CN2C(=N[C@@H](c3ccccn3)[C@H]2c2cccn2-c2ccccc2)S1. The van der Waals surface area contributed by atoms with Gasteiger partial charge in [0.2, 0.25) is 0 Å². The number of amidine groups is 1. The second-order valence-corrected chi connectivity index (χ2v) is 8.18. The van der Waals surface area contributed by atoms with Crippen LogP contribution in [-0.2, 0) is 0 Å². The molecule has 1 aromatic carbocycles. The van der Waals surface area contributed by atoms with Gasteiger partial charge in [0, 0.05) is 35.6 Å². The fourth-order valence-corrected chi connectivity index (χ4v) is 4.99. The molecule has 0 unspecified atom stereocenters. The zero-order chi connectivity index (χ0) is 17.5. The smallest absolute Gasteiger partial charge is 0.160 e. The molecular formula is C21H20N4S. The Morgan fingerprint density at radius 3 is 2.65 bits per heavy atom. The third-order valence-corrected chi connectivity index (χ3v) is 6.10. The van der Waals surface area contributed by atoms with Gasteiger partial charge in [0.05, 0.1) is 11.7 Å². The first-order chi connectivity index (χ1) is 12.8. The summed E-state index contributed by atoms with van der Waals surface area (Å²) in [5.41, 5.74) is 3.48. The maximum Gasteiger partial charge on any atom is 0.160 e. The highest BCUT2D eigenvalue weighted by atomic mass is 32.2. The van der Waals surface area contributed by atoms with Crippen molar-refractivity contribution in [1.82, 2.24) is 14.5 Å². The first-order valence-corrected chi connectivity index (χ1v) is 9.84. The van der Waals surface area contributed by atoms with E-state index in [1.54, 1.807) is 0 Å². The van der Waals surface area contributed by atoms with Gasteiger partial charge in [-0.3, -0.25) is 9.98 Å². The lowest BCUT2D eigenvalue weighted by atomic mass is 10.0. The fourth-order valence-electron chi connectivity index (χ4n) is 3.90. The summed E-state index contributed by atoms with van der Waals surface area (Å²) < 4.78 is 2.28. The third-order valence-electron chi connectivity index (χ3n) is 5.00. The molecule has 1 saturated heterocycles. The van der Waals surface area contributed by atoms with E-state index in [1.807, 2.05) is 24.0 Å². The Balaban J connectivity index is 1.62. The molecular weight excluding hydrogens is 340 g/mol. The highest BCUT2D eigenvalue weighted by molar-refractivity contribution is 8.14. The Bertz CT molecular complexity index is 935. The van der Waals surface area contributed by atoms with E-state index < -0.39 is 0 Å². The minimum Gasteiger partial charge on any atom is -0.339 e. The Kier molecular flexibility index (Phi) is 3.82. The average Bonchev–Trinajstić information content (AvgIpc) is 3.37. The summed E-state index contributed by atoms with van der Waals surface area (Å²) in [6.07, 6.45) is 4.01. The molecule has 2 aromatic heterocycles. The number of para-hydroxylation sites is 1. The van der Waals surface area contributed by atoms with Crippen molar-refractivity contribution in [3.63, 3.8) is 0 Å². The molecule has 3 aromatic rings. The van der Waals surface area contributed by atoms with Crippen LogP contribution in [0.25, 0.3) is 5.69 Å². The Hall–Kier alpha value is -2.53. The normalized spacial score (nSPS) is 24.6. The molecule has 0 bridgehead atoms. The molecule has 0 saturated carbocycles. The van der Waals surface area contributed by atoms with Crippen LogP contribution in [0, 0.1) is 0 Å². The van der Waals surface area contributed by atoms with Gasteiger partial charge in [-0.2, -0.15) is 0 Å². The largest absolute Gasteiger partial charge is 0.339 e. The van der Waals surface area contributed by atoms with Crippen LogP contribution >= 0.6 is 11.8 Å². The number of benzene rings is 1. The van der Waals surface area contributed by atoms with Crippen LogP contribution in [0.15, 0.2) is 78.0 Å². The van der Waals surface area contributed by atoms with Crippen molar-refractivity contribution in [3.8, 4) is 5.69 Å². The highest BCUT2D eigenvalue weighted by Gasteiger charge is 2.44. The van der Waals surface area contributed by atoms with Crippen LogP contribution in [0.3, 0.4) is 0 Å². The molecule has 2 aliphatic heterocycles. The Morgan fingerprint density at radius 1 is 1.00 bits per heavy atom. The van der Waals surface area contributed by atoms with E-state index in [-0.39, 0.29) is 12.1 Å². The molecule has 0 N–H and O–H groups in total. The maximum atomic E-state index is 5.07. The summed E-state index contributed by atoms with van der Waals surface area (Å²) in [5.74, 6) is 0. The molecule has 26 heavy (non-hydrogen) atoms. The van der Waals surface area contributed by atoms with Gasteiger partial charge in [-0.1, -0.05) is 43.0 Å². The fraction of sp³-hybridized carbons (Fsp3) is 0.238. The molecule has 5 heteroatoms. The van der Waals surface area contributed by atoms with Gasteiger partial charge in [0.25, 0.3) is 0 Å². The van der Waals surface area contributed by atoms with E-state index in [9.17, 15) is 0 Å². The number of hydrogen-bond donors (Lipinski definition) is 0. The number of aliphatic imine (C=N–C) groups is 1. The van der Waals surface area contributed by atoms with Crippen LogP contribution in [0.1, 0.15) is 30.4 Å². The second kappa shape index (κ2) is 6.32. The standard InChI is InChI=1S/C21H20N4S/c1-15-14-25-20(18-11-7-13-24(18)16-8-3-2-4-9-16)19(23-21(25)26-15)17-10-5-6-12-22-17/h2-13,15,19-20H,14H2,1H3/t15-,19+,20-/m1/s1. The van der Waals surface area contributed by atoms with Crippen LogP contribution in [0.5, 0.6) is 0 Å². The summed E-state index contributed by atoms with van der Waals surface area (Å²) in [6, 6.07) is 21.2. The quantitative estimate of drug-likeness (QED) is 0.691. The van der Waals surface area contributed by atoms with E-state index in [4.69, 9.17) is 4.99 Å². The first-order valence-electron chi connectivity index (χ1n) is 8.96. The molecule has 4 heterocycles. The predicted molar refractivity (Wildman–Crippen MR) is 107 cm³/mol. The average molecular weight is 360 g/mol. The molecule has 130 valence electrons. The lowest BCUT2D eigenvalue weighted by Gasteiger charge is -2.28. The molecule has 0 spiro atoms. The van der Waals surface area contributed by atoms with E-state index in [2.05, 4.69) is 82.2 Å². The van der Waals surface area contributed by atoms with Crippen molar-refractivity contribution in [3.05, 3.63) is 84.4 Å². The van der Waals surface area contributed by atoms with Crippen molar-refractivity contribution in [2.24, 2.45) is 4.99 Å². The van der Waals surface area contributed by atoms with E-state index >= 15 is 0 Å². The zero-order valence-electron chi connectivity index (χ0n) is 14.6. The maximum absolute atomic E-state index is 5.07. The topological polar surface area (TPSA) is 33.4 Å². The zero-order valence-corrected chi connectivity index (χ0v) is 15.4. The van der Waals surface area contributed by atoms with Crippen molar-refractivity contribution in [2.45, 2.75) is 24.3 Å². The van der Waals surface area contributed by atoms with E-state index in [0.717, 1.165) is 17.4 Å². The number of thioether (sulfide) groups is 1. The minimum absolute atomic E-state index is 0.0311. The summed E-state index contributed by atoms with van der Waals surface area (Å²) in [4.78, 5) is 12.2. The highest BCUT2D eigenvalue weighted by Crippen LogP contribution is 2.47. The lowest BCUT2D eigenvalue weighted by Crippen LogP contribution is -2.30.